The van der Waals surface area contributed by atoms with E-state index in [9.17, 15) is 24.3 Å². The highest BCUT2D eigenvalue weighted by Gasteiger charge is 2.46. The van der Waals surface area contributed by atoms with Crippen LogP contribution < -0.4 is 10.1 Å². The third-order valence-corrected chi connectivity index (χ3v) is 5.45. The van der Waals surface area contributed by atoms with Gasteiger partial charge in [-0.1, -0.05) is 12.1 Å². The fourth-order valence-corrected chi connectivity index (χ4v) is 3.69. The lowest BCUT2D eigenvalue weighted by molar-refractivity contribution is -0.148. The Kier molecular flexibility index (Phi) is 6.28. The zero-order valence-electron chi connectivity index (χ0n) is 17.1. The highest BCUT2D eigenvalue weighted by Crippen LogP contribution is 2.32. The second-order valence-electron chi connectivity index (χ2n) is 8.14. The Morgan fingerprint density at radius 2 is 1.87 bits per heavy atom. The van der Waals surface area contributed by atoms with E-state index >= 15 is 0 Å². The van der Waals surface area contributed by atoms with Crippen LogP contribution >= 0.6 is 0 Å². The van der Waals surface area contributed by atoms with Crippen LogP contribution in [0.4, 0.5) is 4.79 Å². The first-order valence-corrected chi connectivity index (χ1v) is 9.96. The topological polar surface area (TPSA) is 122 Å². The third-order valence-electron chi connectivity index (χ3n) is 5.45. The van der Waals surface area contributed by atoms with Gasteiger partial charge in [0.25, 0.3) is 0 Å². The molecular formula is C21H26N2O7. The van der Waals surface area contributed by atoms with E-state index in [2.05, 4.69) is 5.32 Å². The summed E-state index contributed by atoms with van der Waals surface area (Å²) in [5.41, 5.74) is -0.327. The van der Waals surface area contributed by atoms with Crippen LogP contribution in [0.5, 0.6) is 5.75 Å². The molecule has 1 unspecified atom stereocenters. The van der Waals surface area contributed by atoms with E-state index in [1.807, 2.05) is 0 Å². The Morgan fingerprint density at radius 3 is 2.40 bits per heavy atom. The van der Waals surface area contributed by atoms with Gasteiger partial charge in [-0.05, 0) is 44.4 Å². The van der Waals surface area contributed by atoms with Gasteiger partial charge in [0.15, 0.2) is 0 Å². The molecule has 3 rings (SSSR count). The van der Waals surface area contributed by atoms with Crippen molar-refractivity contribution in [2.75, 3.05) is 13.1 Å². The first kappa shape index (κ1) is 21.6. The van der Waals surface area contributed by atoms with E-state index in [4.69, 9.17) is 9.47 Å². The molecule has 9 heteroatoms. The first-order chi connectivity index (χ1) is 14.2. The van der Waals surface area contributed by atoms with E-state index in [0.717, 1.165) is 12.8 Å². The number of carboxylic acids is 1. The maximum atomic E-state index is 12.5. The van der Waals surface area contributed by atoms with Crippen LogP contribution in [-0.2, 0) is 25.5 Å². The quantitative estimate of drug-likeness (QED) is 0.675. The summed E-state index contributed by atoms with van der Waals surface area (Å²) >= 11 is 0. The summed E-state index contributed by atoms with van der Waals surface area (Å²) in [6.45, 7) is 4.62. The van der Waals surface area contributed by atoms with Crippen LogP contribution in [0.15, 0.2) is 24.3 Å². The molecule has 30 heavy (non-hydrogen) atoms. The number of esters is 1. The summed E-state index contributed by atoms with van der Waals surface area (Å²) in [7, 11) is 0. The summed E-state index contributed by atoms with van der Waals surface area (Å²) in [4.78, 5) is 49.4. The lowest BCUT2D eigenvalue weighted by Crippen LogP contribution is -2.48. The van der Waals surface area contributed by atoms with Gasteiger partial charge in [0.2, 0.25) is 5.91 Å². The molecule has 0 aliphatic carbocycles. The number of likely N-dealkylation sites (tertiary alicyclic amines) is 1. The highest BCUT2D eigenvalue weighted by atomic mass is 16.6. The maximum Gasteiger partial charge on any atom is 0.415 e. The molecule has 162 valence electrons. The molecule has 2 N–H and O–H groups in total. The van der Waals surface area contributed by atoms with Gasteiger partial charge in [0, 0.05) is 19.5 Å². The van der Waals surface area contributed by atoms with Crippen LogP contribution in [0, 0.1) is 5.92 Å². The molecule has 0 saturated carbocycles. The SMILES string of the molecule is CC1(C)OC(=O)CC1C(=O)N[C@@H](Cc1ccc(OC(=O)N2CCCC2)cc1)C(=O)O. The van der Waals surface area contributed by atoms with Gasteiger partial charge in [-0.15, -0.1) is 0 Å². The number of hydrogen-bond acceptors (Lipinski definition) is 6. The number of carboxylic acid groups (broad SMARTS) is 1. The minimum Gasteiger partial charge on any atom is -0.480 e. The molecule has 0 radical (unpaired) electrons. The Morgan fingerprint density at radius 1 is 1.23 bits per heavy atom. The van der Waals surface area contributed by atoms with Gasteiger partial charge in [-0.3, -0.25) is 9.59 Å². The Balaban J connectivity index is 1.59. The summed E-state index contributed by atoms with van der Waals surface area (Å²) in [6.07, 6.45) is 1.50. The number of nitrogens with zero attached hydrogens (tertiary/aromatic N) is 1. The van der Waals surface area contributed by atoms with Gasteiger partial charge in [-0.2, -0.15) is 0 Å². The molecule has 2 aliphatic rings. The second kappa shape index (κ2) is 8.73. The highest BCUT2D eigenvalue weighted by molar-refractivity contribution is 5.90. The van der Waals surface area contributed by atoms with Crippen molar-refractivity contribution in [3.05, 3.63) is 29.8 Å². The van der Waals surface area contributed by atoms with Crippen LogP contribution in [-0.4, -0.2) is 58.7 Å². The van der Waals surface area contributed by atoms with Crippen molar-refractivity contribution >= 4 is 23.9 Å². The van der Waals surface area contributed by atoms with E-state index in [0.29, 0.717) is 24.4 Å². The summed E-state index contributed by atoms with van der Waals surface area (Å²) in [5, 5.41) is 12.0. The van der Waals surface area contributed by atoms with Crippen molar-refractivity contribution < 1.29 is 33.8 Å². The maximum absolute atomic E-state index is 12.5. The third kappa shape index (κ3) is 5.08. The molecule has 2 heterocycles. The smallest absolute Gasteiger partial charge is 0.415 e. The van der Waals surface area contributed by atoms with Crippen LogP contribution in [0.1, 0.15) is 38.7 Å². The number of aliphatic carboxylic acids is 1. The van der Waals surface area contributed by atoms with Gasteiger partial charge in [0.1, 0.15) is 17.4 Å². The fourth-order valence-electron chi connectivity index (χ4n) is 3.69. The largest absolute Gasteiger partial charge is 0.480 e. The van der Waals surface area contributed by atoms with Crippen molar-refractivity contribution in [2.45, 2.75) is 51.2 Å². The average molecular weight is 418 g/mol. The van der Waals surface area contributed by atoms with E-state index in [1.54, 1.807) is 43.0 Å². The van der Waals surface area contributed by atoms with Crippen LogP contribution in [0.2, 0.25) is 0 Å². The summed E-state index contributed by atoms with van der Waals surface area (Å²) < 4.78 is 10.5. The second-order valence-corrected chi connectivity index (χ2v) is 8.14. The van der Waals surface area contributed by atoms with Crippen LogP contribution in [0.25, 0.3) is 0 Å². The average Bonchev–Trinajstić information content (AvgIpc) is 3.29. The molecule has 1 aromatic carbocycles. The fraction of sp³-hybridized carbons (Fsp3) is 0.524. The molecule has 0 spiro atoms. The molecule has 2 atom stereocenters. The predicted molar refractivity (Wildman–Crippen MR) is 105 cm³/mol. The van der Waals surface area contributed by atoms with Crippen LogP contribution in [0.3, 0.4) is 0 Å². The standard InChI is InChI=1S/C21H26N2O7/c1-21(2)15(12-17(24)30-21)18(25)22-16(19(26)27)11-13-5-7-14(8-6-13)29-20(28)23-9-3-4-10-23/h5-8,15-16H,3-4,9-12H2,1-2H3,(H,22,25)(H,26,27)/t15?,16-/m0/s1. The Bertz CT molecular complexity index is 828. The molecule has 2 amide bonds. The monoisotopic (exact) mass is 418 g/mol. The van der Waals surface area contributed by atoms with E-state index in [-0.39, 0.29) is 12.8 Å². The summed E-state index contributed by atoms with van der Waals surface area (Å²) in [6, 6.07) is 5.33. The summed E-state index contributed by atoms with van der Waals surface area (Å²) in [5.74, 6) is -2.58. The van der Waals surface area contributed by atoms with Gasteiger partial charge < -0.3 is 24.8 Å². The van der Waals surface area contributed by atoms with Gasteiger partial charge in [0.05, 0.1) is 12.3 Å². The molecule has 0 bridgehead atoms. The van der Waals surface area contributed by atoms with Gasteiger partial charge >= 0.3 is 18.0 Å². The molecular weight excluding hydrogens is 392 g/mol. The Hall–Kier alpha value is -3.10. The van der Waals surface area contributed by atoms with Crippen molar-refractivity contribution in [3.8, 4) is 5.75 Å². The number of cyclic esters (lactones) is 1. The first-order valence-electron chi connectivity index (χ1n) is 9.96. The molecule has 0 aromatic heterocycles. The molecule has 1 aromatic rings. The Labute approximate surface area is 174 Å². The minimum absolute atomic E-state index is 0.0450. The number of rotatable bonds is 6. The van der Waals surface area contributed by atoms with E-state index < -0.39 is 41.5 Å². The lowest BCUT2D eigenvalue weighted by atomic mass is 9.89. The van der Waals surface area contributed by atoms with Crippen molar-refractivity contribution in [1.29, 1.82) is 0 Å². The number of amides is 2. The van der Waals surface area contributed by atoms with Crippen molar-refractivity contribution in [1.82, 2.24) is 10.2 Å². The number of nitrogens with one attached hydrogen (secondary N) is 1. The predicted octanol–water partition coefficient (Wildman–Crippen LogP) is 1.73. The minimum atomic E-state index is -1.18. The van der Waals surface area contributed by atoms with Crippen molar-refractivity contribution in [2.24, 2.45) is 5.92 Å². The number of carbonyl (C=O) groups excluding carboxylic acids is 3. The van der Waals surface area contributed by atoms with Crippen molar-refractivity contribution in [3.63, 3.8) is 0 Å². The number of benzene rings is 1. The molecule has 9 nitrogen and oxygen atoms in total. The number of carbonyl (C=O) groups is 4. The molecule has 2 saturated heterocycles. The van der Waals surface area contributed by atoms with Gasteiger partial charge in [-0.25, -0.2) is 9.59 Å². The normalized spacial score (nSPS) is 21.1. The molecule has 2 aliphatic heterocycles. The number of hydrogen-bond donors (Lipinski definition) is 2. The zero-order valence-corrected chi connectivity index (χ0v) is 17.1. The molecule has 2 fully saturated rings. The lowest BCUT2D eigenvalue weighted by Gasteiger charge is -2.25. The zero-order chi connectivity index (χ0) is 21.9. The van der Waals surface area contributed by atoms with E-state index in [1.165, 1.54) is 0 Å². The number of ether oxygens (including phenoxy) is 2.